The van der Waals surface area contributed by atoms with Gasteiger partial charge in [-0.15, -0.1) is 0 Å². The van der Waals surface area contributed by atoms with Crippen molar-refractivity contribution < 1.29 is 14.4 Å². The Balaban J connectivity index is 1.58. The first-order valence-electron chi connectivity index (χ1n) is 9.67. The minimum absolute atomic E-state index is 0.0921. The number of piperidine rings is 1. The van der Waals surface area contributed by atoms with E-state index in [4.69, 9.17) is 0 Å². The van der Waals surface area contributed by atoms with Gasteiger partial charge in [0.05, 0.1) is 0 Å². The zero-order chi connectivity index (χ0) is 19.1. The molecule has 2 N–H and O–H groups in total. The fraction of sp³-hybridized carbons (Fsp3) is 0.550. The van der Waals surface area contributed by atoms with E-state index in [1.165, 1.54) is 0 Å². The van der Waals surface area contributed by atoms with E-state index in [2.05, 4.69) is 29.4 Å². The van der Waals surface area contributed by atoms with Gasteiger partial charge in [0.2, 0.25) is 11.8 Å². The van der Waals surface area contributed by atoms with Gasteiger partial charge < -0.3 is 10.2 Å². The molecule has 7 heteroatoms. The van der Waals surface area contributed by atoms with Gasteiger partial charge in [0.15, 0.2) is 0 Å². The number of hydrogen-bond donors (Lipinski definition) is 2. The molecule has 0 aliphatic carbocycles. The normalized spacial score (nSPS) is 29.0. The van der Waals surface area contributed by atoms with E-state index >= 15 is 0 Å². The van der Waals surface area contributed by atoms with Crippen LogP contribution in [-0.4, -0.2) is 58.7 Å². The summed E-state index contributed by atoms with van der Waals surface area (Å²) in [5, 5.41) is 5.79. The van der Waals surface area contributed by atoms with E-state index < -0.39 is 6.04 Å². The second-order valence-corrected chi connectivity index (χ2v) is 7.88. The molecule has 0 bridgehead atoms. The highest BCUT2D eigenvalue weighted by Gasteiger charge is 2.40. The summed E-state index contributed by atoms with van der Waals surface area (Å²) in [6, 6.07) is 6.21. The first-order valence-corrected chi connectivity index (χ1v) is 9.67. The number of amides is 3. The highest BCUT2D eigenvalue weighted by atomic mass is 16.2. The first kappa shape index (κ1) is 18.1. The lowest BCUT2D eigenvalue weighted by molar-refractivity contribution is -0.136. The fourth-order valence-corrected chi connectivity index (χ4v) is 4.50. The van der Waals surface area contributed by atoms with Crippen molar-refractivity contribution in [1.82, 2.24) is 20.4 Å². The van der Waals surface area contributed by atoms with E-state index in [0.29, 0.717) is 25.0 Å². The van der Waals surface area contributed by atoms with Crippen LogP contribution in [0.25, 0.3) is 0 Å². The van der Waals surface area contributed by atoms with Crippen molar-refractivity contribution in [3.63, 3.8) is 0 Å². The molecule has 3 heterocycles. The van der Waals surface area contributed by atoms with Gasteiger partial charge in [-0.1, -0.05) is 18.2 Å². The second-order valence-electron chi connectivity index (χ2n) is 7.88. The summed E-state index contributed by atoms with van der Waals surface area (Å²) < 4.78 is 0. The maximum atomic E-state index is 13.2. The summed E-state index contributed by atoms with van der Waals surface area (Å²) in [5.41, 5.74) is 2.73. The van der Waals surface area contributed by atoms with Crippen LogP contribution >= 0.6 is 0 Å². The minimum atomic E-state index is -0.563. The molecule has 3 aliphatic rings. The van der Waals surface area contributed by atoms with Crippen LogP contribution < -0.4 is 10.6 Å². The van der Waals surface area contributed by atoms with Gasteiger partial charge in [-0.3, -0.25) is 24.6 Å². The fourth-order valence-electron chi connectivity index (χ4n) is 4.50. The molecule has 2 saturated heterocycles. The molecule has 4 rings (SSSR count). The highest BCUT2D eigenvalue weighted by Crippen LogP contribution is 2.31. The van der Waals surface area contributed by atoms with Gasteiger partial charge >= 0.3 is 0 Å². The summed E-state index contributed by atoms with van der Waals surface area (Å²) in [7, 11) is 0. The molecule has 2 fully saturated rings. The molecular weight excluding hydrogens is 344 g/mol. The Morgan fingerprint density at radius 1 is 1.11 bits per heavy atom. The van der Waals surface area contributed by atoms with Crippen LogP contribution in [0.2, 0.25) is 0 Å². The Bertz CT molecular complexity index is 783. The Morgan fingerprint density at radius 2 is 1.85 bits per heavy atom. The molecule has 0 aromatic heterocycles. The summed E-state index contributed by atoms with van der Waals surface area (Å²) in [6.45, 7) is 7.43. The average Bonchev–Trinajstić information content (AvgIpc) is 2.96. The third-order valence-corrected chi connectivity index (χ3v) is 6.00. The van der Waals surface area contributed by atoms with Crippen LogP contribution in [0.5, 0.6) is 0 Å². The van der Waals surface area contributed by atoms with Crippen molar-refractivity contribution in [2.75, 3.05) is 13.1 Å². The van der Waals surface area contributed by atoms with Crippen molar-refractivity contribution in [2.24, 2.45) is 0 Å². The van der Waals surface area contributed by atoms with E-state index in [0.717, 1.165) is 36.3 Å². The Kier molecular flexibility index (Phi) is 4.74. The molecule has 0 saturated carbocycles. The number of rotatable bonds is 3. The first-order chi connectivity index (χ1) is 13.0. The molecule has 1 aromatic carbocycles. The molecule has 27 heavy (non-hydrogen) atoms. The number of benzene rings is 1. The van der Waals surface area contributed by atoms with E-state index in [9.17, 15) is 14.4 Å². The zero-order valence-corrected chi connectivity index (χ0v) is 15.8. The van der Waals surface area contributed by atoms with Crippen molar-refractivity contribution in [3.8, 4) is 0 Å². The predicted octanol–water partition coefficient (Wildman–Crippen LogP) is 0.630. The lowest BCUT2D eigenvalue weighted by atomic mass is 10.0. The van der Waals surface area contributed by atoms with E-state index in [1.807, 2.05) is 18.2 Å². The zero-order valence-electron chi connectivity index (χ0n) is 15.8. The van der Waals surface area contributed by atoms with Crippen molar-refractivity contribution in [1.29, 1.82) is 0 Å². The monoisotopic (exact) mass is 370 g/mol. The van der Waals surface area contributed by atoms with E-state index in [1.54, 1.807) is 4.90 Å². The number of imide groups is 1. The number of nitrogens with zero attached hydrogens (tertiary/aromatic N) is 2. The Labute approximate surface area is 159 Å². The van der Waals surface area contributed by atoms with Crippen LogP contribution in [0.4, 0.5) is 0 Å². The van der Waals surface area contributed by atoms with Gasteiger partial charge in [-0.2, -0.15) is 0 Å². The summed E-state index contributed by atoms with van der Waals surface area (Å²) >= 11 is 0. The third kappa shape index (κ3) is 3.26. The van der Waals surface area contributed by atoms with Crippen molar-refractivity contribution >= 4 is 17.7 Å². The molecule has 3 amide bonds. The quantitative estimate of drug-likeness (QED) is 0.763. The van der Waals surface area contributed by atoms with Crippen molar-refractivity contribution in [3.05, 3.63) is 34.9 Å². The Morgan fingerprint density at radius 3 is 2.56 bits per heavy atom. The Hall–Kier alpha value is -2.25. The highest BCUT2D eigenvalue weighted by molar-refractivity contribution is 6.05. The number of hydrogen-bond acceptors (Lipinski definition) is 5. The summed E-state index contributed by atoms with van der Waals surface area (Å²) in [4.78, 5) is 40.9. The van der Waals surface area contributed by atoms with Crippen LogP contribution in [0.3, 0.4) is 0 Å². The lowest BCUT2D eigenvalue weighted by Gasteiger charge is -2.39. The summed E-state index contributed by atoms with van der Waals surface area (Å²) in [5.74, 6) is -0.716. The smallest absolute Gasteiger partial charge is 0.255 e. The van der Waals surface area contributed by atoms with Crippen LogP contribution in [0.15, 0.2) is 18.2 Å². The van der Waals surface area contributed by atoms with Crippen LogP contribution in [-0.2, 0) is 22.7 Å². The number of carbonyl (C=O) groups is 3. The van der Waals surface area contributed by atoms with Crippen LogP contribution in [0, 0.1) is 0 Å². The van der Waals surface area contributed by atoms with Gasteiger partial charge in [0.1, 0.15) is 6.04 Å². The molecular formula is C20H26N4O3. The van der Waals surface area contributed by atoms with E-state index in [-0.39, 0.29) is 24.1 Å². The lowest BCUT2D eigenvalue weighted by Crippen LogP contribution is -2.54. The maximum Gasteiger partial charge on any atom is 0.255 e. The number of carbonyl (C=O) groups excluding carboxylic acids is 3. The molecule has 7 nitrogen and oxygen atoms in total. The maximum absolute atomic E-state index is 13.2. The predicted molar refractivity (Wildman–Crippen MR) is 99.8 cm³/mol. The standard InChI is InChI=1S/C20H26N4O3/c1-12-8-21-9-13(2)23(12)10-14-4-3-5-15-11-24(20(27)18(14)15)16-6-7-17(25)22-19(16)26/h3-5,12-13,16,21H,6-11H2,1-2H3,(H,22,25,26)/t12-,13+,16?. The van der Waals surface area contributed by atoms with Gasteiger partial charge in [0, 0.05) is 50.2 Å². The topological polar surface area (TPSA) is 81.8 Å². The van der Waals surface area contributed by atoms with Gasteiger partial charge in [0.25, 0.3) is 5.91 Å². The van der Waals surface area contributed by atoms with Crippen LogP contribution in [0.1, 0.15) is 48.2 Å². The number of fused-ring (bicyclic) bond motifs is 1. The molecule has 3 atom stereocenters. The number of piperazine rings is 1. The molecule has 0 radical (unpaired) electrons. The second kappa shape index (κ2) is 7.05. The average molecular weight is 370 g/mol. The molecule has 3 aliphatic heterocycles. The van der Waals surface area contributed by atoms with Gasteiger partial charge in [-0.05, 0) is 31.4 Å². The third-order valence-electron chi connectivity index (χ3n) is 6.00. The van der Waals surface area contributed by atoms with Gasteiger partial charge in [-0.25, -0.2) is 0 Å². The minimum Gasteiger partial charge on any atom is -0.322 e. The SMILES string of the molecule is C[C@@H]1CNC[C@H](C)N1Cc1cccc2c1C(=O)N(C1CCC(=O)NC1=O)C2. The van der Waals surface area contributed by atoms with Crippen molar-refractivity contribution in [2.45, 2.75) is 57.9 Å². The molecule has 144 valence electrons. The molecule has 0 spiro atoms. The largest absolute Gasteiger partial charge is 0.322 e. The molecule has 1 unspecified atom stereocenters. The summed E-state index contributed by atoms with van der Waals surface area (Å²) in [6.07, 6.45) is 0.671. The number of nitrogens with one attached hydrogen (secondary N) is 2. The molecule has 1 aromatic rings.